The van der Waals surface area contributed by atoms with Gasteiger partial charge in [0.2, 0.25) is 5.91 Å². The van der Waals surface area contributed by atoms with Crippen LogP contribution in [0.5, 0.6) is 0 Å². The van der Waals surface area contributed by atoms with Crippen molar-refractivity contribution in [1.82, 2.24) is 5.32 Å². The van der Waals surface area contributed by atoms with E-state index in [9.17, 15) is 9.59 Å². The minimum atomic E-state index is -0.183. The van der Waals surface area contributed by atoms with Crippen molar-refractivity contribution in [1.29, 1.82) is 0 Å². The molecule has 0 aliphatic heterocycles. The number of carbonyl (C=O) groups excluding carboxylic acids is 2. The van der Waals surface area contributed by atoms with Gasteiger partial charge in [0.1, 0.15) is 0 Å². The third kappa shape index (κ3) is 4.10. The van der Waals surface area contributed by atoms with Crippen LogP contribution in [0.15, 0.2) is 36.9 Å². The number of benzene rings is 1. The highest BCUT2D eigenvalue weighted by Gasteiger charge is 2.05. The predicted octanol–water partition coefficient (Wildman–Crippen LogP) is 1.95. The number of amides is 2. The average molecular weight is 232 g/mol. The number of carbonyl (C=O) groups is 2. The molecule has 4 nitrogen and oxygen atoms in total. The predicted molar refractivity (Wildman–Crippen MR) is 67.9 cm³/mol. The van der Waals surface area contributed by atoms with Gasteiger partial charge in [0.25, 0.3) is 5.91 Å². The number of rotatable bonds is 5. The lowest BCUT2D eigenvalue weighted by atomic mass is 10.2. The van der Waals surface area contributed by atoms with Crippen LogP contribution in [0.25, 0.3) is 0 Å². The zero-order valence-electron chi connectivity index (χ0n) is 9.82. The maximum Gasteiger partial charge on any atom is 0.251 e. The van der Waals surface area contributed by atoms with Crippen LogP contribution in [0, 0.1) is 0 Å². The highest BCUT2D eigenvalue weighted by molar-refractivity contribution is 5.97. The second-order valence-electron chi connectivity index (χ2n) is 3.48. The van der Waals surface area contributed by atoms with E-state index in [4.69, 9.17) is 0 Å². The molecule has 0 bridgehead atoms. The molecule has 0 saturated carbocycles. The summed E-state index contributed by atoms with van der Waals surface area (Å²) in [5.41, 5.74) is 1.14. The highest BCUT2D eigenvalue weighted by Crippen LogP contribution is 2.10. The quantitative estimate of drug-likeness (QED) is 0.762. The number of nitrogens with one attached hydrogen (secondary N) is 2. The van der Waals surface area contributed by atoms with Crippen molar-refractivity contribution in [3.05, 3.63) is 42.5 Å². The third-order valence-electron chi connectivity index (χ3n) is 2.14. The van der Waals surface area contributed by atoms with Gasteiger partial charge in [-0.15, -0.1) is 6.58 Å². The van der Waals surface area contributed by atoms with Crippen molar-refractivity contribution in [2.45, 2.75) is 13.3 Å². The van der Waals surface area contributed by atoms with Crippen molar-refractivity contribution in [3.63, 3.8) is 0 Å². The van der Waals surface area contributed by atoms with Gasteiger partial charge in [-0.1, -0.05) is 19.1 Å². The molecule has 2 amide bonds. The van der Waals surface area contributed by atoms with Crippen molar-refractivity contribution in [3.8, 4) is 0 Å². The Labute approximate surface area is 101 Å². The van der Waals surface area contributed by atoms with E-state index in [1.54, 1.807) is 37.3 Å². The topological polar surface area (TPSA) is 58.2 Å². The second kappa shape index (κ2) is 6.48. The Morgan fingerprint density at radius 3 is 2.82 bits per heavy atom. The number of anilines is 1. The van der Waals surface area contributed by atoms with Crippen LogP contribution in [0.1, 0.15) is 23.7 Å². The molecule has 17 heavy (non-hydrogen) atoms. The van der Waals surface area contributed by atoms with E-state index in [2.05, 4.69) is 17.2 Å². The molecule has 0 unspecified atom stereocenters. The summed E-state index contributed by atoms with van der Waals surface area (Å²) in [7, 11) is 0. The van der Waals surface area contributed by atoms with Crippen LogP contribution in [0.4, 0.5) is 5.69 Å². The van der Waals surface area contributed by atoms with Gasteiger partial charge >= 0.3 is 0 Å². The largest absolute Gasteiger partial charge is 0.349 e. The summed E-state index contributed by atoms with van der Waals surface area (Å²) in [6.07, 6.45) is 2.02. The first kappa shape index (κ1) is 13.0. The first-order valence-electron chi connectivity index (χ1n) is 5.46. The fourth-order valence-electron chi connectivity index (χ4n) is 1.25. The molecule has 0 atom stereocenters. The Morgan fingerprint density at radius 1 is 1.41 bits per heavy atom. The standard InChI is InChI=1S/C13H16N2O2/c1-3-8-14-13(17)10-6-5-7-11(9-10)15-12(16)4-2/h3,5-7,9H,1,4,8H2,2H3,(H,14,17)(H,15,16). The van der Waals surface area contributed by atoms with Gasteiger partial charge < -0.3 is 10.6 Å². The minimum absolute atomic E-state index is 0.0753. The maximum atomic E-state index is 11.6. The van der Waals surface area contributed by atoms with Crippen LogP contribution in [0.3, 0.4) is 0 Å². The molecule has 90 valence electrons. The van der Waals surface area contributed by atoms with E-state index in [0.717, 1.165) is 0 Å². The van der Waals surface area contributed by atoms with Crippen molar-refractivity contribution < 1.29 is 9.59 Å². The maximum absolute atomic E-state index is 11.6. The van der Waals surface area contributed by atoms with E-state index in [1.807, 2.05) is 0 Å². The van der Waals surface area contributed by atoms with E-state index >= 15 is 0 Å². The first-order chi connectivity index (χ1) is 8.17. The first-order valence-corrected chi connectivity index (χ1v) is 5.46. The summed E-state index contributed by atoms with van der Waals surface area (Å²) in [5.74, 6) is -0.258. The number of hydrogen-bond acceptors (Lipinski definition) is 2. The van der Waals surface area contributed by atoms with E-state index in [0.29, 0.717) is 24.2 Å². The van der Waals surface area contributed by atoms with Crippen LogP contribution >= 0.6 is 0 Å². The highest BCUT2D eigenvalue weighted by atomic mass is 16.2. The Morgan fingerprint density at radius 2 is 2.18 bits per heavy atom. The third-order valence-corrected chi connectivity index (χ3v) is 2.14. The number of hydrogen-bond donors (Lipinski definition) is 2. The van der Waals surface area contributed by atoms with Crippen LogP contribution < -0.4 is 10.6 Å². The van der Waals surface area contributed by atoms with Gasteiger partial charge in [-0.25, -0.2) is 0 Å². The molecule has 0 radical (unpaired) electrons. The lowest BCUT2D eigenvalue weighted by Crippen LogP contribution is -2.23. The zero-order chi connectivity index (χ0) is 12.7. The molecule has 0 aliphatic rings. The Hall–Kier alpha value is -2.10. The normalized spacial score (nSPS) is 9.47. The molecule has 0 fully saturated rings. The van der Waals surface area contributed by atoms with Crippen molar-refractivity contribution >= 4 is 17.5 Å². The Bertz CT molecular complexity index is 427. The van der Waals surface area contributed by atoms with Crippen LogP contribution in [-0.4, -0.2) is 18.4 Å². The van der Waals surface area contributed by atoms with Gasteiger partial charge in [-0.2, -0.15) is 0 Å². The summed E-state index contributed by atoms with van der Waals surface area (Å²) < 4.78 is 0. The Balaban J connectivity index is 2.74. The van der Waals surface area contributed by atoms with Crippen LogP contribution in [0.2, 0.25) is 0 Å². The summed E-state index contributed by atoms with van der Waals surface area (Å²) in [5, 5.41) is 5.38. The molecule has 1 aromatic carbocycles. The van der Waals surface area contributed by atoms with Gasteiger partial charge in [0.15, 0.2) is 0 Å². The Kier molecular flexibility index (Phi) is 4.94. The summed E-state index contributed by atoms with van der Waals surface area (Å²) in [4.78, 5) is 22.8. The van der Waals surface area contributed by atoms with E-state index in [-0.39, 0.29) is 11.8 Å². The van der Waals surface area contributed by atoms with Gasteiger partial charge in [-0.05, 0) is 18.2 Å². The second-order valence-corrected chi connectivity index (χ2v) is 3.48. The summed E-state index contributed by atoms with van der Waals surface area (Å²) in [6.45, 7) is 5.72. The molecule has 4 heteroatoms. The molecule has 1 aromatic rings. The van der Waals surface area contributed by atoms with Crippen molar-refractivity contribution in [2.75, 3.05) is 11.9 Å². The SMILES string of the molecule is C=CCNC(=O)c1cccc(NC(=O)CC)c1. The molecule has 0 heterocycles. The van der Waals surface area contributed by atoms with E-state index in [1.165, 1.54) is 0 Å². The summed E-state index contributed by atoms with van der Waals surface area (Å²) in [6, 6.07) is 6.82. The van der Waals surface area contributed by atoms with Crippen molar-refractivity contribution in [2.24, 2.45) is 0 Å². The molecular formula is C13H16N2O2. The van der Waals surface area contributed by atoms with Gasteiger partial charge in [0, 0.05) is 24.2 Å². The van der Waals surface area contributed by atoms with Gasteiger partial charge in [-0.3, -0.25) is 9.59 Å². The summed E-state index contributed by atoms with van der Waals surface area (Å²) >= 11 is 0. The molecule has 1 rings (SSSR count). The molecular weight excluding hydrogens is 216 g/mol. The monoisotopic (exact) mass is 232 g/mol. The average Bonchev–Trinajstić information content (AvgIpc) is 2.36. The molecule has 0 aliphatic carbocycles. The van der Waals surface area contributed by atoms with Gasteiger partial charge in [0.05, 0.1) is 0 Å². The molecule has 0 saturated heterocycles. The molecule has 2 N–H and O–H groups in total. The van der Waals surface area contributed by atoms with E-state index < -0.39 is 0 Å². The smallest absolute Gasteiger partial charge is 0.251 e. The molecule has 0 aromatic heterocycles. The van der Waals surface area contributed by atoms with Crippen LogP contribution in [-0.2, 0) is 4.79 Å². The fourth-order valence-corrected chi connectivity index (χ4v) is 1.25. The zero-order valence-corrected chi connectivity index (χ0v) is 9.82. The molecule has 0 spiro atoms. The lowest BCUT2D eigenvalue weighted by Gasteiger charge is -2.06. The minimum Gasteiger partial charge on any atom is -0.349 e. The fraction of sp³-hybridized carbons (Fsp3) is 0.231. The lowest BCUT2D eigenvalue weighted by molar-refractivity contribution is -0.115.